The molecule has 0 aliphatic carbocycles. The summed E-state index contributed by atoms with van der Waals surface area (Å²) in [5, 5.41) is 3.24. The van der Waals surface area contributed by atoms with Gasteiger partial charge in [-0.05, 0) is 72.8 Å². The van der Waals surface area contributed by atoms with Gasteiger partial charge in [-0.15, -0.1) is 0 Å². The summed E-state index contributed by atoms with van der Waals surface area (Å²) in [6.45, 7) is 0. The number of imidazole rings is 1. The van der Waals surface area contributed by atoms with Crippen LogP contribution < -0.4 is 10.0 Å². The zero-order valence-electron chi connectivity index (χ0n) is 18.2. The number of benzene rings is 4. The van der Waals surface area contributed by atoms with Crippen LogP contribution in [0.3, 0.4) is 0 Å². The van der Waals surface area contributed by atoms with Gasteiger partial charge < -0.3 is 10.3 Å². The van der Waals surface area contributed by atoms with Gasteiger partial charge in [-0.25, -0.2) is 13.4 Å². The first-order valence-electron chi connectivity index (χ1n) is 10.6. The first-order valence-corrected chi connectivity index (χ1v) is 12.5. The topological polar surface area (TPSA) is 104 Å². The number of sulfonamides is 1. The summed E-state index contributed by atoms with van der Waals surface area (Å²) in [7, 11) is -3.91. The summed E-state index contributed by atoms with van der Waals surface area (Å²) in [4.78, 5) is 20.9. The van der Waals surface area contributed by atoms with Crippen molar-refractivity contribution in [1.82, 2.24) is 9.97 Å². The number of carbonyl (C=O) groups excluding carboxylic acids is 1. The van der Waals surface area contributed by atoms with Crippen molar-refractivity contribution in [2.75, 3.05) is 10.0 Å². The molecule has 0 radical (unpaired) electrons. The summed E-state index contributed by atoms with van der Waals surface area (Å²) in [6.07, 6.45) is 0. The largest absolute Gasteiger partial charge is 0.338 e. The Kier molecular flexibility index (Phi) is 5.98. The second kappa shape index (κ2) is 9.25. The highest BCUT2D eigenvalue weighted by Gasteiger charge is 2.19. The van der Waals surface area contributed by atoms with E-state index in [1.807, 2.05) is 36.4 Å². The normalized spacial score (nSPS) is 11.3. The van der Waals surface area contributed by atoms with Gasteiger partial charge in [0.2, 0.25) is 0 Å². The maximum atomic E-state index is 13.0. The van der Waals surface area contributed by atoms with Crippen molar-refractivity contribution in [2.24, 2.45) is 0 Å². The third kappa shape index (κ3) is 4.89. The minimum Gasteiger partial charge on any atom is -0.338 e. The van der Waals surface area contributed by atoms with E-state index in [-0.39, 0.29) is 16.1 Å². The molecule has 0 fully saturated rings. The van der Waals surface area contributed by atoms with Crippen molar-refractivity contribution < 1.29 is 13.2 Å². The van der Waals surface area contributed by atoms with Gasteiger partial charge in [0, 0.05) is 16.3 Å². The van der Waals surface area contributed by atoms with Gasteiger partial charge in [0.15, 0.2) is 0 Å². The Hall–Kier alpha value is -4.14. The summed E-state index contributed by atoms with van der Waals surface area (Å²) < 4.78 is 28.1. The molecule has 5 aromatic rings. The van der Waals surface area contributed by atoms with Crippen LogP contribution in [0.15, 0.2) is 102 Å². The van der Waals surface area contributed by atoms with Crippen molar-refractivity contribution in [3.05, 3.63) is 108 Å². The van der Waals surface area contributed by atoms with Crippen LogP contribution in [0.25, 0.3) is 22.4 Å². The number of aromatic amines is 1. The number of halogens is 1. The van der Waals surface area contributed by atoms with Crippen molar-refractivity contribution in [1.29, 1.82) is 0 Å². The van der Waals surface area contributed by atoms with Crippen LogP contribution in [0.2, 0.25) is 5.02 Å². The van der Waals surface area contributed by atoms with Gasteiger partial charge in [-0.1, -0.05) is 35.9 Å². The number of hydrogen-bond acceptors (Lipinski definition) is 4. The lowest BCUT2D eigenvalue weighted by Crippen LogP contribution is -2.18. The molecule has 35 heavy (non-hydrogen) atoms. The van der Waals surface area contributed by atoms with Crippen LogP contribution in [0.1, 0.15) is 10.4 Å². The Bertz CT molecular complexity index is 1600. The molecule has 174 valence electrons. The maximum absolute atomic E-state index is 13.0. The van der Waals surface area contributed by atoms with Gasteiger partial charge in [0.1, 0.15) is 5.82 Å². The smallest absolute Gasteiger partial charge is 0.261 e. The molecule has 0 spiro atoms. The number of hydrogen-bond donors (Lipinski definition) is 3. The maximum Gasteiger partial charge on any atom is 0.261 e. The third-order valence-corrected chi connectivity index (χ3v) is 6.98. The lowest BCUT2D eigenvalue weighted by molar-refractivity contribution is 0.102. The molecule has 4 aromatic carbocycles. The van der Waals surface area contributed by atoms with E-state index in [9.17, 15) is 13.2 Å². The van der Waals surface area contributed by atoms with E-state index >= 15 is 0 Å². The molecule has 3 N–H and O–H groups in total. The lowest BCUT2D eigenvalue weighted by Gasteiger charge is -2.13. The molecule has 0 atom stereocenters. The SMILES string of the molecule is O=C(Nc1ccc(-c2nc3ccccc3[nH]2)cc1)c1ccccc1NS(=O)(=O)c1ccc(Cl)cc1. The van der Waals surface area contributed by atoms with E-state index in [0.29, 0.717) is 10.7 Å². The molecule has 1 heterocycles. The molecule has 0 saturated carbocycles. The fraction of sp³-hybridized carbons (Fsp3) is 0. The first kappa shape index (κ1) is 22.6. The number of H-pyrrole nitrogens is 1. The number of nitrogens with zero attached hydrogens (tertiary/aromatic N) is 1. The van der Waals surface area contributed by atoms with Gasteiger partial charge in [-0.2, -0.15) is 0 Å². The van der Waals surface area contributed by atoms with Gasteiger partial charge in [0.25, 0.3) is 15.9 Å². The predicted molar refractivity (Wildman–Crippen MR) is 138 cm³/mol. The minimum atomic E-state index is -3.91. The van der Waals surface area contributed by atoms with Crippen LogP contribution >= 0.6 is 11.6 Å². The van der Waals surface area contributed by atoms with Crippen LogP contribution in [-0.4, -0.2) is 24.3 Å². The average Bonchev–Trinajstić information content (AvgIpc) is 3.29. The van der Waals surface area contributed by atoms with Gasteiger partial charge in [-0.3, -0.25) is 9.52 Å². The number of nitrogens with one attached hydrogen (secondary N) is 3. The Balaban J connectivity index is 1.34. The number of para-hydroxylation sites is 3. The molecule has 0 saturated heterocycles. The molecular formula is C26H19ClN4O3S. The zero-order valence-corrected chi connectivity index (χ0v) is 19.8. The molecule has 1 aromatic heterocycles. The second-order valence-corrected chi connectivity index (χ2v) is 9.86. The molecule has 0 bridgehead atoms. The van der Waals surface area contributed by atoms with E-state index < -0.39 is 15.9 Å². The van der Waals surface area contributed by atoms with Crippen molar-refractivity contribution in [3.63, 3.8) is 0 Å². The summed E-state index contributed by atoms with van der Waals surface area (Å²) in [5.41, 5.74) is 3.60. The fourth-order valence-corrected chi connectivity index (χ4v) is 4.79. The molecular weight excluding hydrogens is 484 g/mol. The summed E-state index contributed by atoms with van der Waals surface area (Å²) >= 11 is 5.86. The number of amides is 1. The molecule has 9 heteroatoms. The monoisotopic (exact) mass is 502 g/mol. The number of fused-ring (bicyclic) bond motifs is 1. The minimum absolute atomic E-state index is 0.0401. The van der Waals surface area contributed by atoms with E-state index in [0.717, 1.165) is 22.4 Å². The number of anilines is 2. The highest BCUT2D eigenvalue weighted by molar-refractivity contribution is 7.92. The highest BCUT2D eigenvalue weighted by Crippen LogP contribution is 2.25. The summed E-state index contributed by atoms with van der Waals surface area (Å²) in [5.74, 6) is 0.280. The van der Waals surface area contributed by atoms with Gasteiger partial charge in [0.05, 0.1) is 27.2 Å². The molecule has 5 rings (SSSR count). The quantitative estimate of drug-likeness (QED) is 0.267. The molecule has 0 aliphatic rings. The standard InChI is InChI=1S/C26H19ClN4O3S/c27-18-11-15-20(16-12-18)35(33,34)31-22-6-2-1-5-21(22)26(32)28-19-13-9-17(10-14-19)25-29-23-7-3-4-8-24(23)30-25/h1-16,31H,(H,28,32)(H,29,30). The van der Waals surface area contributed by atoms with Crippen molar-refractivity contribution in [3.8, 4) is 11.4 Å². The van der Waals surface area contributed by atoms with Crippen LogP contribution in [0.4, 0.5) is 11.4 Å². The Morgan fingerprint density at radius 2 is 1.51 bits per heavy atom. The van der Waals surface area contributed by atoms with Crippen LogP contribution in [0, 0.1) is 0 Å². The Labute approximate surface area is 206 Å². The lowest BCUT2D eigenvalue weighted by atomic mass is 10.1. The highest BCUT2D eigenvalue weighted by atomic mass is 35.5. The molecule has 0 unspecified atom stereocenters. The zero-order chi connectivity index (χ0) is 24.4. The van der Waals surface area contributed by atoms with Crippen molar-refractivity contribution >= 4 is 49.9 Å². The number of carbonyl (C=O) groups is 1. The summed E-state index contributed by atoms with van der Waals surface area (Å²) in [6, 6.07) is 27.2. The van der Waals surface area contributed by atoms with Crippen LogP contribution in [0.5, 0.6) is 0 Å². The van der Waals surface area contributed by atoms with E-state index in [1.54, 1.807) is 30.3 Å². The van der Waals surface area contributed by atoms with Crippen LogP contribution in [-0.2, 0) is 10.0 Å². The average molecular weight is 503 g/mol. The second-order valence-electron chi connectivity index (χ2n) is 7.74. The fourth-order valence-electron chi connectivity index (χ4n) is 3.59. The predicted octanol–water partition coefficient (Wildman–Crippen LogP) is 5.94. The van der Waals surface area contributed by atoms with E-state index in [2.05, 4.69) is 20.0 Å². The number of aromatic nitrogens is 2. The molecule has 0 aliphatic heterocycles. The third-order valence-electron chi connectivity index (χ3n) is 5.35. The van der Waals surface area contributed by atoms with E-state index in [1.165, 1.54) is 30.3 Å². The van der Waals surface area contributed by atoms with Crippen molar-refractivity contribution in [2.45, 2.75) is 4.90 Å². The Morgan fingerprint density at radius 1 is 0.829 bits per heavy atom. The molecule has 7 nitrogen and oxygen atoms in total. The van der Waals surface area contributed by atoms with Gasteiger partial charge >= 0.3 is 0 Å². The number of rotatable bonds is 6. The molecule has 1 amide bonds. The first-order chi connectivity index (χ1) is 16.9. The van der Waals surface area contributed by atoms with E-state index in [4.69, 9.17) is 11.6 Å². The Morgan fingerprint density at radius 3 is 2.26 bits per heavy atom.